The van der Waals surface area contributed by atoms with Crippen molar-refractivity contribution in [3.63, 3.8) is 0 Å². The predicted octanol–water partition coefficient (Wildman–Crippen LogP) is 1.71. The smallest absolute Gasteiger partial charge is 0.154 e. The Labute approximate surface area is 114 Å². The Hall–Kier alpha value is -1.21. The highest BCUT2D eigenvalue weighted by Crippen LogP contribution is 2.16. The molecule has 5 nitrogen and oxygen atoms in total. The number of rotatable bonds is 4. The van der Waals surface area contributed by atoms with Gasteiger partial charge in [0.25, 0.3) is 0 Å². The fourth-order valence-electron chi connectivity index (χ4n) is 1.64. The molecule has 18 heavy (non-hydrogen) atoms. The van der Waals surface area contributed by atoms with E-state index in [2.05, 4.69) is 26.1 Å². The number of para-hydroxylation sites is 1. The van der Waals surface area contributed by atoms with Crippen molar-refractivity contribution in [2.24, 2.45) is 0 Å². The summed E-state index contributed by atoms with van der Waals surface area (Å²) in [7, 11) is -3.14. The van der Waals surface area contributed by atoms with E-state index in [9.17, 15) is 8.42 Å². The summed E-state index contributed by atoms with van der Waals surface area (Å²) < 4.78 is 24.5. The van der Waals surface area contributed by atoms with Crippen molar-refractivity contribution < 1.29 is 8.42 Å². The average molecular weight is 330 g/mol. The lowest BCUT2D eigenvalue weighted by Crippen LogP contribution is -2.09. The Morgan fingerprint density at radius 3 is 2.33 bits per heavy atom. The highest BCUT2D eigenvalue weighted by molar-refractivity contribution is 9.08. The van der Waals surface area contributed by atoms with Gasteiger partial charge in [0.05, 0.1) is 5.33 Å². The lowest BCUT2D eigenvalue weighted by atomic mass is 10.3. The summed E-state index contributed by atoms with van der Waals surface area (Å²) in [5.41, 5.74) is 0.857. The van der Waals surface area contributed by atoms with Gasteiger partial charge in [-0.05, 0) is 12.1 Å². The SMILES string of the molecule is CS(=O)(=O)Cc1nnc(CBr)n1-c1ccccc1. The molecular formula is C11H12BrN3O2S. The van der Waals surface area contributed by atoms with Crippen molar-refractivity contribution in [2.45, 2.75) is 11.1 Å². The van der Waals surface area contributed by atoms with E-state index in [-0.39, 0.29) is 5.75 Å². The molecule has 2 aromatic rings. The van der Waals surface area contributed by atoms with E-state index in [0.717, 1.165) is 5.69 Å². The number of halogens is 1. The highest BCUT2D eigenvalue weighted by atomic mass is 79.9. The van der Waals surface area contributed by atoms with Crippen molar-refractivity contribution in [1.29, 1.82) is 0 Å². The summed E-state index contributed by atoms with van der Waals surface area (Å²) in [6.45, 7) is 0. The van der Waals surface area contributed by atoms with Gasteiger partial charge in [-0.15, -0.1) is 10.2 Å². The second kappa shape index (κ2) is 5.19. The molecule has 0 saturated carbocycles. The normalized spacial score (nSPS) is 11.7. The number of benzene rings is 1. The van der Waals surface area contributed by atoms with E-state index in [0.29, 0.717) is 17.0 Å². The van der Waals surface area contributed by atoms with Crippen LogP contribution in [0.5, 0.6) is 0 Å². The highest BCUT2D eigenvalue weighted by Gasteiger charge is 2.16. The quantitative estimate of drug-likeness (QED) is 0.801. The first-order chi connectivity index (χ1) is 8.51. The van der Waals surface area contributed by atoms with Crippen LogP contribution in [0.4, 0.5) is 0 Å². The van der Waals surface area contributed by atoms with E-state index >= 15 is 0 Å². The maximum Gasteiger partial charge on any atom is 0.154 e. The number of aromatic nitrogens is 3. The van der Waals surface area contributed by atoms with Crippen LogP contribution in [0, 0.1) is 0 Å². The molecule has 0 unspecified atom stereocenters. The van der Waals surface area contributed by atoms with E-state index in [1.807, 2.05) is 30.3 Å². The monoisotopic (exact) mass is 329 g/mol. The fraction of sp³-hybridized carbons (Fsp3) is 0.273. The van der Waals surface area contributed by atoms with Crippen molar-refractivity contribution in [3.8, 4) is 5.69 Å². The van der Waals surface area contributed by atoms with Crippen LogP contribution in [-0.4, -0.2) is 29.4 Å². The first kappa shape index (κ1) is 13.2. The lowest BCUT2D eigenvalue weighted by Gasteiger charge is -2.08. The molecule has 0 amide bonds. The van der Waals surface area contributed by atoms with Crippen LogP contribution in [0.15, 0.2) is 30.3 Å². The predicted molar refractivity (Wildman–Crippen MR) is 72.5 cm³/mol. The summed E-state index contributed by atoms with van der Waals surface area (Å²) in [4.78, 5) is 0. The topological polar surface area (TPSA) is 64.8 Å². The zero-order chi connectivity index (χ0) is 13.2. The Morgan fingerprint density at radius 1 is 1.17 bits per heavy atom. The number of alkyl halides is 1. The van der Waals surface area contributed by atoms with Crippen LogP contribution in [-0.2, 0) is 20.9 Å². The summed E-state index contributed by atoms with van der Waals surface area (Å²) in [6.07, 6.45) is 1.19. The molecule has 7 heteroatoms. The molecule has 1 aromatic carbocycles. The van der Waals surface area contributed by atoms with Crippen molar-refractivity contribution >= 4 is 25.8 Å². The maximum atomic E-state index is 11.4. The maximum absolute atomic E-state index is 11.4. The van der Waals surface area contributed by atoms with Crippen molar-refractivity contribution in [2.75, 3.05) is 6.26 Å². The van der Waals surface area contributed by atoms with Gasteiger partial charge in [0.15, 0.2) is 15.7 Å². The minimum absolute atomic E-state index is 0.123. The number of nitrogens with zero attached hydrogens (tertiary/aromatic N) is 3. The number of sulfone groups is 1. The van der Waals surface area contributed by atoms with Gasteiger partial charge >= 0.3 is 0 Å². The molecule has 0 bridgehead atoms. The first-order valence-corrected chi connectivity index (χ1v) is 8.42. The molecule has 0 fully saturated rings. The summed E-state index contributed by atoms with van der Waals surface area (Å²) in [5, 5.41) is 8.46. The molecular weight excluding hydrogens is 318 g/mol. The molecule has 0 atom stereocenters. The molecule has 0 radical (unpaired) electrons. The van der Waals surface area contributed by atoms with Crippen LogP contribution in [0.25, 0.3) is 5.69 Å². The van der Waals surface area contributed by atoms with Gasteiger partial charge in [0, 0.05) is 11.9 Å². The van der Waals surface area contributed by atoms with E-state index in [4.69, 9.17) is 0 Å². The minimum Gasteiger partial charge on any atom is -0.281 e. The Kier molecular flexibility index (Phi) is 3.82. The van der Waals surface area contributed by atoms with Crippen molar-refractivity contribution in [3.05, 3.63) is 42.0 Å². The zero-order valence-electron chi connectivity index (χ0n) is 9.75. The number of hydrogen-bond donors (Lipinski definition) is 0. The van der Waals surface area contributed by atoms with Gasteiger partial charge < -0.3 is 0 Å². The molecule has 0 aliphatic rings. The standard InChI is InChI=1S/C11H12BrN3O2S/c1-18(16,17)8-11-14-13-10(7-12)15(11)9-5-3-2-4-6-9/h2-6H,7-8H2,1H3. The Morgan fingerprint density at radius 2 is 1.78 bits per heavy atom. The van der Waals surface area contributed by atoms with Gasteiger partial charge in [-0.3, -0.25) is 4.57 Å². The number of hydrogen-bond acceptors (Lipinski definition) is 4. The zero-order valence-corrected chi connectivity index (χ0v) is 12.1. The minimum atomic E-state index is -3.14. The molecule has 0 spiro atoms. The molecule has 0 saturated heterocycles. The van der Waals surface area contributed by atoms with Crippen LogP contribution in [0.1, 0.15) is 11.6 Å². The van der Waals surface area contributed by atoms with Crippen LogP contribution in [0.3, 0.4) is 0 Å². The fourth-order valence-corrected chi connectivity index (χ4v) is 2.66. The second-order valence-electron chi connectivity index (χ2n) is 3.91. The Bertz CT molecular complexity index is 638. The van der Waals surface area contributed by atoms with Gasteiger partial charge in [-0.1, -0.05) is 34.1 Å². The molecule has 2 rings (SSSR count). The third-order valence-corrected chi connectivity index (χ3v) is 3.61. The third kappa shape index (κ3) is 2.97. The van der Waals surface area contributed by atoms with E-state index in [1.54, 1.807) is 4.57 Å². The molecule has 1 heterocycles. The molecule has 0 aliphatic heterocycles. The second-order valence-corrected chi connectivity index (χ2v) is 6.61. The summed E-state index contributed by atoms with van der Waals surface area (Å²) >= 11 is 3.33. The van der Waals surface area contributed by atoms with Gasteiger partial charge in [0.1, 0.15) is 11.6 Å². The molecule has 96 valence electrons. The van der Waals surface area contributed by atoms with Crippen LogP contribution < -0.4 is 0 Å². The molecule has 0 N–H and O–H groups in total. The van der Waals surface area contributed by atoms with Gasteiger partial charge in [-0.2, -0.15) is 0 Å². The largest absolute Gasteiger partial charge is 0.281 e. The van der Waals surface area contributed by atoms with Crippen LogP contribution in [0.2, 0.25) is 0 Å². The van der Waals surface area contributed by atoms with E-state index < -0.39 is 9.84 Å². The van der Waals surface area contributed by atoms with E-state index in [1.165, 1.54) is 6.26 Å². The lowest BCUT2D eigenvalue weighted by molar-refractivity contribution is 0.599. The summed E-state index contributed by atoms with van der Waals surface area (Å²) in [6, 6.07) is 9.45. The molecule has 0 aliphatic carbocycles. The third-order valence-electron chi connectivity index (χ3n) is 2.32. The summed E-state index contributed by atoms with van der Waals surface area (Å²) in [5.74, 6) is 0.986. The first-order valence-electron chi connectivity index (χ1n) is 5.23. The van der Waals surface area contributed by atoms with Crippen molar-refractivity contribution in [1.82, 2.24) is 14.8 Å². The van der Waals surface area contributed by atoms with Crippen LogP contribution >= 0.6 is 15.9 Å². The van der Waals surface area contributed by atoms with Gasteiger partial charge in [-0.25, -0.2) is 8.42 Å². The Balaban J connectivity index is 2.53. The van der Waals surface area contributed by atoms with Gasteiger partial charge in [0.2, 0.25) is 0 Å². The molecule has 1 aromatic heterocycles. The average Bonchev–Trinajstić information content (AvgIpc) is 2.70.